The van der Waals surface area contributed by atoms with Crippen molar-refractivity contribution in [2.24, 2.45) is 5.41 Å². The normalized spacial score (nSPS) is 17.6. The molecule has 1 saturated carbocycles. The summed E-state index contributed by atoms with van der Waals surface area (Å²) in [5.74, 6) is 1.09. The summed E-state index contributed by atoms with van der Waals surface area (Å²) >= 11 is 3.63. The molecule has 1 aliphatic carbocycles. The molecule has 1 fully saturated rings. The zero-order valence-electron chi connectivity index (χ0n) is 11.0. The van der Waals surface area contributed by atoms with Gasteiger partial charge < -0.3 is 4.74 Å². The second-order valence-electron chi connectivity index (χ2n) is 5.50. The molecule has 17 heavy (non-hydrogen) atoms. The Morgan fingerprint density at radius 3 is 2.18 bits per heavy atom. The van der Waals surface area contributed by atoms with Crippen LogP contribution in [0.2, 0.25) is 0 Å². The molecule has 0 aliphatic heterocycles. The molecular formula is C15H21BrO. The van der Waals surface area contributed by atoms with Crippen LogP contribution in [-0.4, -0.2) is 11.9 Å². The molecule has 0 bridgehead atoms. The fourth-order valence-corrected chi connectivity index (χ4v) is 3.34. The minimum absolute atomic E-state index is 0.393. The molecule has 1 aliphatic rings. The van der Waals surface area contributed by atoms with E-state index >= 15 is 0 Å². The van der Waals surface area contributed by atoms with Crippen LogP contribution < -0.4 is 4.74 Å². The van der Waals surface area contributed by atoms with Crippen LogP contribution in [0.15, 0.2) is 12.1 Å². The summed E-state index contributed by atoms with van der Waals surface area (Å²) in [5, 5.41) is 1.06. The molecule has 94 valence electrons. The van der Waals surface area contributed by atoms with Crippen LogP contribution in [0, 0.1) is 26.2 Å². The van der Waals surface area contributed by atoms with Crippen molar-refractivity contribution in [3.63, 3.8) is 0 Å². The third-order valence-electron chi connectivity index (χ3n) is 3.83. The first-order valence-corrected chi connectivity index (χ1v) is 7.45. The third-order valence-corrected chi connectivity index (χ3v) is 5.01. The highest BCUT2D eigenvalue weighted by molar-refractivity contribution is 9.09. The van der Waals surface area contributed by atoms with Crippen molar-refractivity contribution < 1.29 is 4.74 Å². The van der Waals surface area contributed by atoms with E-state index in [1.54, 1.807) is 0 Å². The molecule has 0 heterocycles. The van der Waals surface area contributed by atoms with E-state index in [1.165, 1.54) is 36.0 Å². The van der Waals surface area contributed by atoms with Gasteiger partial charge in [-0.25, -0.2) is 0 Å². The molecule has 0 spiro atoms. The fraction of sp³-hybridized carbons (Fsp3) is 0.600. The Bertz CT molecular complexity index is 379. The lowest BCUT2D eigenvalue weighted by Gasteiger charge is -2.40. The lowest BCUT2D eigenvalue weighted by atomic mass is 9.71. The lowest BCUT2D eigenvalue weighted by Crippen LogP contribution is -2.37. The topological polar surface area (TPSA) is 9.23 Å². The second kappa shape index (κ2) is 5.01. The summed E-state index contributed by atoms with van der Waals surface area (Å²) < 4.78 is 6.09. The molecule has 1 aromatic carbocycles. The van der Waals surface area contributed by atoms with Crippen LogP contribution in [0.5, 0.6) is 5.75 Å². The summed E-state index contributed by atoms with van der Waals surface area (Å²) in [7, 11) is 0. The van der Waals surface area contributed by atoms with E-state index in [2.05, 4.69) is 48.8 Å². The van der Waals surface area contributed by atoms with Crippen molar-refractivity contribution in [2.45, 2.75) is 40.0 Å². The lowest BCUT2D eigenvalue weighted by molar-refractivity contribution is 0.0830. The van der Waals surface area contributed by atoms with Crippen molar-refractivity contribution in [3.8, 4) is 5.75 Å². The molecule has 0 amide bonds. The second-order valence-corrected chi connectivity index (χ2v) is 6.06. The zero-order valence-corrected chi connectivity index (χ0v) is 12.6. The molecule has 1 aromatic rings. The predicted molar refractivity (Wildman–Crippen MR) is 76.2 cm³/mol. The van der Waals surface area contributed by atoms with Crippen LogP contribution in [-0.2, 0) is 0 Å². The van der Waals surface area contributed by atoms with Gasteiger partial charge in [-0.15, -0.1) is 0 Å². The summed E-state index contributed by atoms with van der Waals surface area (Å²) in [6.45, 7) is 7.26. The van der Waals surface area contributed by atoms with E-state index in [0.29, 0.717) is 5.41 Å². The summed E-state index contributed by atoms with van der Waals surface area (Å²) in [4.78, 5) is 0. The molecule has 0 aromatic heterocycles. The number of hydrogen-bond acceptors (Lipinski definition) is 1. The molecule has 0 atom stereocenters. The molecule has 0 radical (unpaired) electrons. The number of alkyl halides is 1. The number of aryl methyl sites for hydroxylation is 3. The number of hydrogen-bond donors (Lipinski definition) is 0. The Balaban J connectivity index is 2.09. The van der Waals surface area contributed by atoms with Crippen molar-refractivity contribution in [2.75, 3.05) is 11.9 Å². The summed E-state index contributed by atoms with van der Waals surface area (Å²) in [5.41, 5.74) is 4.22. The minimum atomic E-state index is 0.393. The Hall–Kier alpha value is -0.500. The van der Waals surface area contributed by atoms with Crippen molar-refractivity contribution in [1.29, 1.82) is 0 Å². The molecule has 1 nitrogen and oxygen atoms in total. The summed E-state index contributed by atoms with van der Waals surface area (Å²) in [6.07, 6.45) is 3.94. The monoisotopic (exact) mass is 296 g/mol. The van der Waals surface area contributed by atoms with Gasteiger partial charge in [0.2, 0.25) is 0 Å². The predicted octanol–water partition coefficient (Wildman–Crippen LogP) is 4.56. The third kappa shape index (κ3) is 2.67. The summed E-state index contributed by atoms with van der Waals surface area (Å²) in [6, 6.07) is 4.40. The quantitative estimate of drug-likeness (QED) is 0.740. The first-order valence-electron chi connectivity index (χ1n) is 6.33. The van der Waals surface area contributed by atoms with E-state index in [0.717, 1.165) is 17.7 Å². The fourth-order valence-electron chi connectivity index (χ4n) is 2.61. The highest BCUT2D eigenvalue weighted by atomic mass is 79.9. The van der Waals surface area contributed by atoms with E-state index < -0.39 is 0 Å². The van der Waals surface area contributed by atoms with Gasteiger partial charge in [0.15, 0.2) is 0 Å². The van der Waals surface area contributed by atoms with Gasteiger partial charge in [-0.1, -0.05) is 40.0 Å². The SMILES string of the molecule is Cc1cc(C)c(OCC2(CBr)CCC2)c(C)c1. The smallest absolute Gasteiger partial charge is 0.125 e. The van der Waals surface area contributed by atoms with Crippen molar-refractivity contribution in [1.82, 2.24) is 0 Å². The molecule has 2 rings (SSSR count). The number of halogens is 1. The van der Waals surface area contributed by atoms with Crippen LogP contribution in [0.25, 0.3) is 0 Å². The number of benzene rings is 1. The highest BCUT2D eigenvalue weighted by Gasteiger charge is 2.36. The first-order chi connectivity index (χ1) is 8.06. The maximum Gasteiger partial charge on any atom is 0.125 e. The highest BCUT2D eigenvalue weighted by Crippen LogP contribution is 2.43. The van der Waals surface area contributed by atoms with Gasteiger partial charge in [0.05, 0.1) is 6.61 Å². The Labute approximate surface area is 113 Å². The van der Waals surface area contributed by atoms with Crippen LogP contribution >= 0.6 is 15.9 Å². The van der Waals surface area contributed by atoms with Gasteiger partial charge in [-0.3, -0.25) is 0 Å². The largest absolute Gasteiger partial charge is 0.492 e. The van der Waals surface area contributed by atoms with Gasteiger partial charge in [-0.05, 0) is 44.7 Å². The molecule has 0 saturated heterocycles. The van der Waals surface area contributed by atoms with E-state index in [-0.39, 0.29) is 0 Å². The maximum atomic E-state index is 6.09. The first kappa shape index (κ1) is 12.9. The average molecular weight is 297 g/mol. The van der Waals surface area contributed by atoms with Gasteiger partial charge in [0.1, 0.15) is 5.75 Å². The molecule has 0 N–H and O–H groups in total. The van der Waals surface area contributed by atoms with Gasteiger partial charge in [0, 0.05) is 10.7 Å². The Morgan fingerprint density at radius 2 is 1.76 bits per heavy atom. The van der Waals surface area contributed by atoms with Crippen molar-refractivity contribution in [3.05, 3.63) is 28.8 Å². The number of rotatable bonds is 4. The average Bonchev–Trinajstić information content (AvgIpc) is 2.19. The minimum Gasteiger partial charge on any atom is -0.492 e. The maximum absolute atomic E-state index is 6.09. The molecule has 2 heteroatoms. The van der Waals surface area contributed by atoms with Gasteiger partial charge in [-0.2, -0.15) is 0 Å². The zero-order chi connectivity index (χ0) is 12.5. The van der Waals surface area contributed by atoms with E-state index in [9.17, 15) is 0 Å². The Kier molecular flexibility index (Phi) is 3.82. The van der Waals surface area contributed by atoms with E-state index in [4.69, 9.17) is 4.74 Å². The molecule has 0 unspecified atom stereocenters. The Morgan fingerprint density at radius 1 is 1.18 bits per heavy atom. The number of ether oxygens (including phenoxy) is 1. The van der Waals surface area contributed by atoms with Gasteiger partial charge >= 0.3 is 0 Å². The molecular weight excluding hydrogens is 276 g/mol. The van der Waals surface area contributed by atoms with Crippen molar-refractivity contribution >= 4 is 15.9 Å². The standard InChI is InChI=1S/C15H21BrO/c1-11-7-12(2)14(13(3)8-11)17-10-15(9-16)5-4-6-15/h7-8H,4-6,9-10H2,1-3H3. The van der Waals surface area contributed by atoms with Crippen LogP contribution in [0.3, 0.4) is 0 Å². The van der Waals surface area contributed by atoms with Gasteiger partial charge in [0.25, 0.3) is 0 Å². The van der Waals surface area contributed by atoms with Crippen LogP contribution in [0.1, 0.15) is 36.0 Å². The van der Waals surface area contributed by atoms with E-state index in [1.807, 2.05) is 0 Å². The van der Waals surface area contributed by atoms with Crippen LogP contribution in [0.4, 0.5) is 0 Å².